The van der Waals surface area contributed by atoms with Crippen molar-refractivity contribution in [2.24, 2.45) is 0 Å². The second-order valence-corrected chi connectivity index (χ2v) is 4.59. The summed E-state index contributed by atoms with van der Waals surface area (Å²) in [6.45, 7) is 0.507. The molecule has 5 heteroatoms. The Morgan fingerprint density at radius 1 is 1.32 bits per heavy atom. The first-order valence-corrected chi connectivity index (χ1v) is 6.19. The van der Waals surface area contributed by atoms with E-state index < -0.39 is 0 Å². The lowest BCUT2D eigenvalue weighted by atomic mass is 10.3. The van der Waals surface area contributed by atoms with Gasteiger partial charge in [-0.2, -0.15) is 0 Å². The summed E-state index contributed by atoms with van der Waals surface area (Å²) in [6, 6.07) is 10.6. The highest BCUT2D eigenvalue weighted by molar-refractivity contribution is 6.30. The van der Waals surface area contributed by atoms with Gasteiger partial charge in [0.25, 0.3) is 0 Å². The summed E-state index contributed by atoms with van der Waals surface area (Å²) in [6.07, 6.45) is 3.45. The maximum Gasteiger partial charge on any atom is 0.321 e. The topological polar surface area (TPSA) is 45.2 Å². The van der Waals surface area contributed by atoms with Gasteiger partial charge in [0.15, 0.2) is 0 Å². The Labute approximate surface area is 117 Å². The summed E-state index contributed by atoms with van der Waals surface area (Å²) in [7, 11) is 1.73. The molecule has 1 heterocycles. The first-order chi connectivity index (χ1) is 9.15. The lowest BCUT2D eigenvalue weighted by Crippen LogP contribution is -2.30. The number of pyridine rings is 1. The van der Waals surface area contributed by atoms with Crippen molar-refractivity contribution in [3.8, 4) is 0 Å². The van der Waals surface area contributed by atoms with Gasteiger partial charge in [0.05, 0.1) is 0 Å². The molecule has 0 unspecified atom stereocenters. The standard InChI is InChI=1S/C14H14ClN3O/c1-18(10-11-3-2-8-16-9-11)14(19)17-13-6-4-12(15)5-7-13/h2-9H,10H2,1H3,(H,17,19). The van der Waals surface area contributed by atoms with E-state index in [0.29, 0.717) is 17.3 Å². The molecule has 0 aliphatic heterocycles. The normalized spacial score (nSPS) is 10.0. The van der Waals surface area contributed by atoms with Crippen molar-refractivity contribution in [2.75, 3.05) is 12.4 Å². The zero-order valence-corrected chi connectivity index (χ0v) is 11.3. The van der Waals surface area contributed by atoms with E-state index in [2.05, 4.69) is 10.3 Å². The minimum atomic E-state index is -0.175. The number of nitrogens with one attached hydrogen (secondary N) is 1. The Balaban J connectivity index is 1.94. The van der Waals surface area contributed by atoms with Gasteiger partial charge in [0.2, 0.25) is 0 Å². The first kappa shape index (κ1) is 13.4. The average Bonchev–Trinajstić information content (AvgIpc) is 2.42. The van der Waals surface area contributed by atoms with Gasteiger partial charge < -0.3 is 10.2 Å². The summed E-state index contributed by atoms with van der Waals surface area (Å²) in [4.78, 5) is 17.6. The van der Waals surface area contributed by atoms with Crippen LogP contribution in [0, 0.1) is 0 Å². The number of anilines is 1. The number of carbonyl (C=O) groups excluding carboxylic acids is 1. The van der Waals surface area contributed by atoms with Crippen molar-refractivity contribution in [2.45, 2.75) is 6.54 Å². The zero-order chi connectivity index (χ0) is 13.7. The van der Waals surface area contributed by atoms with E-state index in [9.17, 15) is 4.79 Å². The van der Waals surface area contributed by atoms with Gasteiger partial charge in [-0.25, -0.2) is 4.79 Å². The predicted octanol–water partition coefficient (Wildman–Crippen LogP) is 3.40. The molecule has 2 aromatic rings. The number of urea groups is 1. The Hall–Kier alpha value is -2.07. The van der Waals surface area contributed by atoms with Crippen molar-refractivity contribution in [1.29, 1.82) is 0 Å². The number of amides is 2. The first-order valence-electron chi connectivity index (χ1n) is 5.82. The maximum absolute atomic E-state index is 12.0. The van der Waals surface area contributed by atoms with E-state index in [-0.39, 0.29) is 6.03 Å². The van der Waals surface area contributed by atoms with Crippen LogP contribution < -0.4 is 5.32 Å². The van der Waals surface area contributed by atoms with Crippen LogP contribution in [0.2, 0.25) is 5.02 Å². The van der Waals surface area contributed by atoms with E-state index >= 15 is 0 Å². The number of hydrogen-bond acceptors (Lipinski definition) is 2. The van der Waals surface area contributed by atoms with Gasteiger partial charge >= 0.3 is 6.03 Å². The van der Waals surface area contributed by atoms with E-state index in [1.165, 1.54) is 0 Å². The van der Waals surface area contributed by atoms with Crippen LogP contribution in [-0.2, 0) is 6.54 Å². The van der Waals surface area contributed by atoms with Crippen molar-refractivity contribution in [1.82, 2.24) is 9.88 Å². The lowest BCUT2D eigenvalue weighted by Gasteiger charge is -2.17. The fraction of sp³-hybridized carbons (Fsp3) is 0.143. The Kier molecular flexibility index (Phi) is 4.36. The van der Waals surface area contributed by atoms with Crippen molar-refractivity contribution in [3.63, 3.8) is 0 Å². The third-order valence-electron chi connectivity index (χ3n) is 2.58. The van der Waals surface area contributed by atoms with Gasteiger partial charge in [-0.3, -0.25) is 4.98 Å². The third kappa shape index (κ3) is 3.96. The van der Waals surface area contributed by atoms with Crippen molar-refractivity contribution < 1.29 is 4.79 Å². The molecule has 1 aromatic carbocycles. The molecule has 19 heavy (non-hydrogen) atoms. The largest absolute Gasteiger partial charge is 0.323 e. The monoisotopic (exact) mass is 275 g/mol. The molecule has 1 aromatic heterocycles. The second kappa shape index (κ2) is 6.20. The zero-order valence-electron chi connectivity index (χ0n) is 10.5. The lowest BCUT2D eigenvalue weighted by molar-refractivity contribution is 0.220. The molecule has 2 rings (SSSR count). The molecule has 0 aliphatic carbocycles. The highest BCUT2D eigenvalue weighted by atomic mass is 35.5. The number of halogens is 1. The van der Waals surface area contributed by atoms with Crippen LogP contribution in [0.5, 0.6) is 0 Å². The number of aromatic nitrogens is 1. The van der Waals surface area contributed by atoms with Crippen LogP contribution in [0.3, 0.4) is 0 Å². The molecule has 0 saturated carbocycles. The van der Waals surface area contributed by atoms with Crippen LogP contribution >= 0.6 is 11.6 Å². The van der Waals surface area contributed by atoms with Crippen LogP contribution in [0.1, 0.15) is 5.56 Å². The molecular formula is C14H14ClN3O. The Morgan fingerprint density at radius 2 is 2.05 bits per heavy atom. The molecule has 0 bridgehead atoms. The quantitative estimate of drug-likeness (QED) is 0.933. The summed E-state index contributed by atoms with van der Waals surface area (Å²) in [5.74, 6) is 0. The van der Waals surface area contributed by atoms with Gasteiger partial charge in [0, 0.05) is 36.7 Å². The van der Waals surface area contributed by atoms with Crippen LogP contribution in [0.25, 0.3) is 0 Å². The van der Waals surface area contributed by atoms with Crippen molar-refractivity contribution in [3.05, 3.63) is 59.4 Å². The smallest absolute Gasteiger partial charge is 0.321 e. The average molecular weight is 276 g/mol. The minimum absolute atomic E-state index is 0.175. The highest BCUT2D eigenvalue weighted by Crippen LogP contribution is 2.14. The summed E-state index contributed by atoms with van der Waals surface area (Å²) in [5.41, 5.74) is 1.70. The molecule has 0 radical (unpaired) electrons. The third-order valence-corrected chi connectivity index (χ3v) is 2.84. The molecule has 0 aliphatic rings. The molecule has 2 amide bonds. The van der Waals surface area contributed by atoms with Gasteiger partial charge in [0.1, 0.15) is 0 Å². The van der Waals surface area contributed by atoms with Gasteiger partial charge in [-0.1, -0.05) is 17.7 Å². The fourth-order valence-corrected chi connectivity index (χ4v) is 1.72. The number of hydrogen-bond donors (Lipinski definition) is 1. The van der Waals surface area contributed by atoms with Crippen LogP contribution in [0.15, 0.2) is 48.8 Å². The predicted molar refractivity (Wildman–Crippen MR) is 76.2 cm³/mol. The molecule has 4 nitrogen and oxygen atoms in total. The second-order valence-electron chi connectivity index (χ2n) is 4.15. The van der Waals surface area contributed by atoms with E-state index in [1.54, 1.807) is 48.6 Å². The summed E-state index contributed by atoms with van der Waals surface area (Å²) >= 11 is 5.79. The maximum atomic E-state index is 12.0. The Morgan fingerprint density at radius 3 is 2.68 bits per heavy atom. The molecule has 0 atom stereocenters. The number of benzene rings is 1. The van der Waals surface area contributed by atoms with Gasteiger partial charge in [-0.05, 0) is 35.9 Å². The Bertz CT molecular complexity index is 542. The minimum Gasteiger partial charge on any atom is -0.323 e. The molecule has 0 saturated heterocycles. The number of nitrogens with zero attached hydrogens (tertiary/aromatic N) is 2. The molecule has 0 spiro atoms. The van der Waals surface area contributed by atoms with Crippen LogP contribution in [0.4, 0.5) is 10.5 Å². The molecule has 98 valence electrons. The van der Waals surface area contributed by atoms with Crippen LogP contribution in [-0.4, -0.2) is 23.0 Å². The van der Waals surface area contributed by atoms with E-state index in [0.717, 1.165) is 5.56 Å². The van der Waals surface area contributed by atoms with Crippen molar-refractivity contribution >= 4 is 23.3 Å². The van der Waals surface area contributed by atoms with Gasteiger partial charge in [-0.15, -0.1) is 0 Å². The molecular weight excluding hydrogens is 262 g/mol. The number of rotatable bonds is 3. The summed E-state index contributed by atoms with van der Waals surface area (Å²) in [5, 5.41) is 3.44. The molecule has 1 N–H and O–H groups in total. The number of carbonyl (C=O) groups is 1. The SMILES string of the molecule is CN(Cc1cccnc1)C(=O)Nc1ccc(Cl)cc1. The van der Waals surface area contributed by atoms with E-state index in [1.807, 2.05) is 12.1 Å². The highest BCUT2D eigenvalue weighted by Gasteiger charge is 2.09. The summed E-state index contributed by atoms with van der Waals surface area (Å²) < 4.78 is 0. The molecule has 0 fully saturated rings. The fourth-order valence-electron chi connectivity index (χ4n) is 1.59. The van der Waals surface area contributed by atoms with E-state index in [4.69, 9.17) is 11.6 Å².